The number of aryl methyl sites for hydroxylation is 1. The van der Waals surface area contributed by atoms with E-state index < -0.39 is 0 Å². The predicted octanol–water partition coefficient (Wildman–Crippen LogP) is 7.65. The number of likely N-dealkylation sites (N-methyl/N-ethyl adjacent to an activating group) is 1. The molecule has 1 saturated heterocycles. The van der Waals surface area contributed by atoms with E-state index in [9.17, 15) is 4.79 Å². The van der Waals surface area contributed by atoms with Gasteiger partial charge in [0.25, 0.3) is 5.91 Å². The summed E-state index contributed by atoms with van der Waals surface area (Å²) in [5.74, 6) is 0.440. The second kappa shape index (κ2) is 12.1. The van der Waals surface area contributed by atoms with Crippen LogP contribution >= 0.6 is 0 Å². The monoisotopic (exact) mass is 584 g/mol. The highest BCUT2D eigenvalue weighted by Gasteiger charge is 2.16. The molecule has 0 bridgehead atoms. The van der Waals surface area contributed by atoms with Gasteiger partial charge in [0, 0.05) is 60.4 Å². The molecule has 5 aromatic rings. The molecule has 44 heavy (non-hydrogen) atoms. The number of nitrogens with zero attached hydrogens (tertiary/aromatic N) is 4. The number of anilines is 4. The highest BCUT2D eigenvalue weighted by molar-refractivity contribution is 6.04. The average molecular weight is 585 g/mol. The number of carbonyl (C=O) groups is 1. The van der Waals surface area contributed by atoms with Crippen LogP contribution in [-0.4, -0.2) is 54.0 Å². The number of fused-ring (bicyclic) bond motifs is 1. The molecule has 0 spiro atoms. The third-order valence-corrected chi connectivity index (χ3v) is 8.39. The molecule has 2 heterocycles. The fourth-order valence-corrected chi connectivity index (χ4v) is 5.55. The number of nitrogens with one attached hydrogen (secondary N) is 2. The number of hydrogen-bond acceptors (Lipinski definition) is 6. The minimum Gasteiger partial charge on any atom is -0.369 e. The van der Waals surface area contributed by atoms with Gasteiger partial charge in [-0.1, -0.05) is 45.0 Å². The van der Waals surface area contributed by atoms with Gasteiger partial charge in [-0.25, -0.2) is 9.97 Å². The fourth-order valence-electron chi connectivity index (χ4n) is 5.55. The standard InChI is InChI=1S/C37H40N6O/c1-25-6-12-31(39-35(44)26-7-10-29(11-8-26)37(2,3)4)23-33(25)27-9-17-34-28(22-27)24-38-36(41-34)40-30-13-15-32(16-14-30)43-20-18-42(5)19-21-43/h6-17,22-24H,18-21H2,1-5H3,(H,39,44)(H,38,40,41). The van der Waals surface area contributed by atoms with Crippen molar-refractivity contribution in [2.45, 2.75) is 33.1 Å². The van der Waals surface area contributed by atoms with E-state index in [0.717, 1.165) is 65.1 Å². The molecular weight excluding hydrogens is 544 g/mol. The topological polar surface area (TPSA) is 73.4 Å². The second-order valence-corrected chi connectivity index (χ2v) is 12.7. The van der Waals surface area contributed by atoms with Crippen LogP contribution in [0.5, 0.6) is 0 Å². The summed E-state index contributed by atoms with van der Waals surface area (Å²) in [6.45, 7) is 12.8. The number of hydrogen-bond donors (Lipinski definition) is 2. The Morgan fingerprint density at radius 3 is 2.23 bits per heavy atom. The number of carbonyl (C=O) groups excluding carboxylic acids is 1. The van der Waals surface area contributed by atoms with Crippen LogP contribution in [0.15, 0.2) is 91.1 Å². The van der Waals surface area contributed by atoms with Gasteiger partial charge in [-0.05, 0) is 102 Å². The van der Waals surface area contributed by atoms with Crippen molar-refractivity contribution in [2.24, 2.45) is 0 Å². The summed E-state index contributed by atoms with van der Waals surface area (Å²) < 4.78 is 0. The van der Waals surface area contributed by atoms with E-state index in [4.69, 9.17) is 4.98 Å². The van der Waals surface area contributed by atoms with E-state index in [2.05, 4.69) is 96.6 Å². The highest BCUT2D eigenvalue weighted by Crippen LogP contribution is 2.30. The normalized spacial score (nSPS) is 14.1. The van der Waals surface area contributed by atoms with E-state index in [1.807, 2.05) is 54.7 Å². The maximum absolute atomic E-state index is 13.0. The van der Waals surface area contributed by atoms with E-state index in [1.54, 1.807) is 0 Å². The van der Waals surface area contributed by atoms with Crippen LogP contribution in [0, 0.1) is 6.92 Å². The molecule has 2 N–H and O–H groups in total. The molecule has 0 unspecified atom stereocenters. The Balaban J connectivity index is 1.15. The lowest BCUT2D eigenvalue weighted by molar-refractivity contribution is 0.102. The third-order valence-electron chi connectivity index (χ3n) is 8.39. The maximum Gasteiger partial charge on any atom is 0.255 e. The molecule has 1 aliphatic rings. The number of benzene rings is 4. The van der Waals surface area contributed by atoms with E-state index in [1.165, 1.54) is 11.3 Å². The molecule has 1 amide bonds. The molecule has 0 atom stereocenters. The summed E-state index contributed by atoms with van der Waals surface area (Å²) in [7, 11) is 2.17. The zero-order valence-corrected chi connectivity index (χ0v) is 26.2. The van der Waals surface area contributed by atoms with Crippen LogP contribution in [0.3, 0.4) is 0 Å². The van der Waals surface area contributed by atoms with Gasteiger partial charge in [-0.3, -0.25) is 4.79 Å². The lowest BCUT2D eigenvalue weighted by atomic mass is 9.86. The van der Waals surface area contributed by atoms with Crippen molar-refractivity contribution in [3.8, 4) is 11.1 Å². The minimum absolute atomic E-state index is 0.0424. The van der Waals surface area contributed by atoms with Gasteiger partial charge < -0.3 is 20.4 Å². The number of amides is 1. The van der Waals surface area contributed by atoms with Crippen LogP contribution in [0.2, 0.25) is 0 Å². The van der Waals surface area contributed by atoms with Crippen molar-refractivity contribution in [3.63, 3.8) is 0 Å². The molecule has 0 aliphatic carbocycles. The summed E-state index contributed by atoms with van der Waals surface area (Å²) in [6.07, 6.45) is 1.86. The highest BCUT2D eigenvalue weighted by atomic mass is 16.1. The summed E-state index contributed by atoms with van der Waals surface area (Å²) >= 11 is 0. The smallest absolute Gasteiger partial charge is 0.255 e. The van der Waals surface area contributed by atoms with Gasteiger partial charge in [-0.15, -0.1) is 0 Å². The minimum atomic E-state index is -0.124. The Bertz CT molecular complexity index is 1780. The average Bonchev–Trinajstić information content (AvgIpc) is 3.02. The summed E-state index contributed by atoms with van der Waals surface area (Å²) in [4.78, 5) is 27.2. The molecular formula is C37H40N6O. The Labute approximate surface area is 260 Å². The second-order valence-electron chi connectivity index (χ2n) is 12.7. The van der Waals surface area contributed by atoms with Gasteiger partial charge in [0.05, 0.1) is 5.52 Å². The van der Waals surface area contributed by atoms with E-state index in [-0.39, 0.29) is 11.3 Å². The van der Waals surface area contributed by atoms with Crippen molar-refractivity contribution < 1.29 is 4.79 Å². The molecule has 7 heteroatoms. The van der Waals surface area contributed by atoms with Crippen molar-refractivity contribution in [2.75, 3.05) is 48.8 Å². The first kappa shape index (κ1) is 29.3. The molecule has 1 fully saturated rings. The summed E-state index contributed by atoms with van der Waals surface area (Å²) in [5.41, 5.74) is 8.91. The molecule has 7 nitrogen and oxygen atoms in total. The molecule has 0 saturated carbocycles. The van der Waals surface area contributed by atoms with E-state index >= 15 is 0 Å². The van der Waals surface area contributed by atoms with Gasteiger partial charge in [0.1, 0.15) is 0 Å². The molecule has 4 aromatic carbocycles. The Kier molecular flexibility index (Phi) is 8.06. The van der Waals surface area contributed by atoms with Crippen LogP contribution in [0.4, 0.5) is 23.0 Å². The quantitative estimate of drug-likeness (QED) is 0.214. The zero-order chi connectivity index (χ0) is 30.8. The summed E-state index contributed by atoms with van der Waals surface area (Å²) in [6, 6.07) is 28.5. The summed E-state index contributed by atoms with van der Waals surface area (Å²) in [5, 5.41) is 7.37. The maximum atomic E-state index is 13.0. The zero-order valence-electron chi connectivity index (χ0n) is 26.2. The molecule has 6 rings (SSSR count). The SMILES string of the molecule is Cc1ccc(NC(=O)c2ccc(C(C)(C)C)cc2)cc1-c1ccc2nc(Nc3ccc(N4CCN(C)CC4)cc3)ncc2c1. The van der Waals surface area contributed by atoms with Gasteiger partial charge in [0.2, 0.25) is 5.95 Å². The molecule has 1 aliphatic heterocycles. The lowest BCUT2D eigenvalue weighted by Crippen LogP contribution is -2.44. The Hall–Kier alpha value is -4.75. The van der Waals surface area contributed by atoms with Crippen LogP contribution in [0.25, 0.3) is 22.0 Å². The first-order valence-electron chi connectivity index (χ1n) is 15.2. The van der Waals surface area contributed by atoms with Crippen molar-refractivity contribution >= 4 is 39.8 Å². The van der Waals surface area contributed by atoms with Crippen LogP contribution < -0.4 is 15.5 Å². The van der Waals surface area contributed by atoms with Crippen LogP contribution in [-0.2, 0) is 5.41 Å². The van der Waals surface area contributed by atoms with E-state index in [0.29, 0.717) is 11.5 Å². The fraction of sp³-hybridized carbons (Fsp3) is 0.270. The first-order valence-corrected chi connectivity index (χ1v) is 15.2. The lowest BCUT2D eigenvalue weighted by Gasteiger charge is -2.34. The largest absolute Gasteiger partial charge is 0.369 e. The number of rotatable bonds is 6. The van der Waals surface area contributed by atoms with Crippen molar-refractivity contribution in [1.82, 2.24) is 14.9 Å². The molecule has 224 valence electrons. The van der Waals surface area contributed by atoms with Crippen LogP contribution in [0.1, 0.15) is 42.3 Å². The Morgan fingerprint density at radius 1 is 0.818 bits per heavy atom. The number of piperazine rings is 1. The van der Waals surface area contributed by atoms with Gasteiger partial charge in [-0.2, -0.15) is 0 Å². The Morgan fingerprint density at radius 2 is 1.52 bits per heavy atom. The van der Waals surface area contributed by atoms with Crippen molar-refractivity contribution in [3.05, 3.63) is 108 Å². The third kappa shape index (κ3) is 6.58. The number of aromatic nitrogens is 2. The molecule has 1 aromatic heterocycles. The molecule has 0 radical (unpaired) electrons. The van der Waals surface area contributed by atoms with Crippen molar-refractivity contribution in [1.29, 1.82) is 0 Å². The first-order chi connectivity index (χ1) is 21.1. The predicted molar refractivity (Wildman–Crippen MR) is 182 cm³/mol. The van der Waals surface area contributed by atoms with Gasteiger partial charge in [0.15, 0.2) is 0 Å². The van der Waals surface area contributed by atoms with Gasteiger partial charge >= 0.3 is 0 Å².